The third-order valence-electron chi connectivity index (χ3n) is 7.40. The summed E-state index contributed by atoms with van der Waals surface area (Å²) in [5.74, 6) is -4.66. The van der Waals surface area contributed by atoms with Gasteiger partial charge in [-0.05, 0) is 41.3 Å². The summed E-state index contributed by atoms with van der Waals surface area (Å²) in [6.45, 7) is 0. The Hall–Kier alpha value is -5.69. The molecule has 1 aromatic heterocycles. The summed E-state index contributed by atoms with van der Waals surface area (Å²) in [7, 11) is 0. The van der Waals surface area contributed by atoms with Crippen LogP contribution in [0.3, 0.4) is 0 Å². The molecule has 13 heteroatoms. The van der Waals surface area contributed by atoms with E-state index in [0.29, 0.717) is 5.56 Å². The topological polar surface area (TPSA) is 230 Å². The molecule has 10 N–H and O–H groups in total. The van der Waals surface area contributed by atoms with Gasteiger partial charge in [0.15, 0.2) is 0 Å². The molecule has 4 unspecified atom stereocenters. The fourth-order valence-corrected chi connectivity index (χ4v) is 4.99. The highest BCUT2D eigenvalue weighted by Gasteiger charge is 2.31. The molecule has 0 aliphatic rings. The number of rotatable bonds is 15. The number of hydrogen-bond donors (Lipinski definition) is 8. The first-order valence-corrected chi connectivity index (χ1v) is 14.5. The second kappa shape index (κ2) is 15.3. The smallest absolute Gasteiger partial charge is 0.326 e. The number of fused-ring (bicyclic) bond motifs is 1. The lowest BCUT2D eigenvalue weighted by atomic mass is 10.0. The van der Waals surface area contributed by atoms with E-state index in [1.54, 1.807) is 6.20 Å². The molecule has 0 spiro atoms. The molecule has 4 amide bonds. The van der Waals surface area contributed by atoms with Crippen molar-refractivity contribution < 1.29 is 34.2 Å². The number of carboxylic acids is 1. The normalized spacial score (nSPS) is 13.6. The van der Waals surface area contributed by atoms with Crippen molar-refractivity contribution in [2.24, 2.45) is 11.5 Å². The molecule has 4 atom stereocenters. The number of aliphatic carboxylic acids is 1. The number of nitrogens with one attached hydrogen (secondary N) is 4. The largest absolute Gasteiger partial charge is 0.508 e. The lowest BCUT2D eigenvalue weighted by Gasteiger charge is -2.25. The van der Waals surface area contributed by atoms with Crippen molar-refractivity contribution in [3.8, 4) is 5.75 Å². The quantitative estimate of drug-likeness (QED) is 0.0929. The zero-order valence-corrected chi connectivity index (χ0v) is 24.8. The zero-order chi connectivity index (χ0) is 33.2. The number of phenols is 1. The molecule has 4 aromatic rings. The summed E-state index contributed by atoms with van der Waals surface area (Å²) >= 11 is 0. The van der Waals surface area contributed by atoms with Crippen LogP contribution in [0, 0.1) is 0 Å². The molecule has 0 radical (unpaired) electrons. The van der Waals surface area contributed by atoms with E-state index in [1.165, 1.54) is 24.3 Å². The van der Waals surface area contributed by atoms with Crippen molar-refractivity contribution in [1.82, 2.24) is 20.9 Å². The fraction of sp³-hybridized carbons (Fsp3) is 0.242. The van der Waals surface area contributed by atoms with Gasteiger partial charge in [0.2, 0.25) is 23.6 Å². The summed E-state index contributed by atoms with van der Waals surface area (Å²) in [4.78, 5) is 66.9. The monoisotopic (exact) mass is 628 g/mol. The van der Waals surface area contributed by atoms with Crippen molar-refractivity contribution in [3.63, 3.8) is 0 Å². The van der Waals surface area contributed by atoms with E-state index in [4.69, 9.17) is 11.5 Å². The average Bonchev–Trinajstić information content (AvgIpc) is 3.43. The number of carboxylic acid groups (broad SMARTS) is 1. The number of para-hydroxylation sites is 1. The van der Waals surface area contributed by atoms with Crippen LogP contribution >= 0.6 is 0 Å². The molecule has 46 heavy (non-hydrogen) atoms. The first kappa shape index (κ1) is 33.2. The van der Waals surface area contributed by atoms with Gasteiger partial charge >= 0.3 is 5.97 Å². The van der Waals surface area contributed by atoms with Gasteiger partial charge in [0.25, 0.3) is 0 Å². The van der Waals surface area contributed by atoms with Crippen molar-refractivity contribution in [1.29, 1.82) is 0 Å². The maximum Gasteiger partial charge on any atom is 0.326 e. The second-order valence-electron chi connectivity index (χ2n) is 10.9. The molecular formula is C33H36N6O7. The molecule has 240 valence electrons. The average molecular weight is 629 g/mol. The van der Waals surface area contributed by atoms with Crippen LogP contribution in [0.4, 0.5) is 0 Å². The minimum atomic E-state index is -1.64. The van der Waals surface area contributed by atoms with Gasteiger partial charge < -0.3 is 42.6 Å². The summed E-state index contributed by atoms with van der Waals surface area (Å²) in [6.07, 6.45) is 1.20. The molecular weight excluding hydrogens is 592 g/mol. The number of carbonyl (C=O) groups excluding carboxylic acids is 4. The Morgan fingerprint density at radius 1 is 0.696 bits per heavy atom. The van der Waals surface area contributed by atoms with E-state index in [2.05, 4.69) is 20.9 Å². The van der Waals surface area contributed by atoms with Gasteiger partial charge in [-0.1, -0.05) is 60.7 Å². The molecule has 0 bridgehead atoms. The second-order valence-corrected chi connectivity index (χ2v) is 10.9. The number of aromatic hydroxyl groups is 1. The van der Waals surface area contributed by atoms with Crippen molar-refractivity contribution in [3.05, 3.63) is 102 Å². The SMILES string of the molecule is NC(=O)CC(NC(=O)C(Cc1ccc(O)cc1)NC(=O)C(Cc1c[nH]c2ccccc12)NC(=O)C(N)Cc1ccccc1)C(=O)O. The van der Waals surface area contributed by atoms with E-state index in [1.807, 2.05) is 54.6 Å². The zero-order valence-electron chi connectivity index (χ0n) is 24.8. The summed E-state index contributed by atoms with van der Waals surface area (Å²) < 4.78 is 0. The maximum absolute atomic E-state index is 13.9. The molecule has 0 saturated heterocycles. The van der Waals surface area contributed by atoms with Crippen molar-refractivity contribution in [2.75, 3.05) is 0 Å². The van der Waals surface area contributed by atoms with Crippen LogP contribution in [0.2, 0.25) is 0 Å². The number of H-pyrrole nitrogens is 1. The van der Waals surface area contributed by atoms with Crippen LogP contribution in [0.25, 0.3) is 10.9 Å². The fourth-order valence-electron chi connectivity index (χ4n) is 4.99. The molecule has 0 saturated carbocycles. The Morgan fingerprint density at radius 2 is 1.26 bits per heavy atom. The van der Waals surface area contributed by atoms with Crippen LogP contribution in [0.15, 0.2) is 85.1 Å². The van der Waals surface area contributed by atoms with Gasteiger partial charge in [-0.25, -0.2) is 4.79 Å². The molecule has 0 aliphatic carbocycles. The van der Waals surface area contributed by atoms with Crippen LogP contribution < -0.4 is 27.4 Å². The van der Waals surface area contributed by atoms with Crippen molar-refractivity contribution in [2.45, 2.75) is 49.9 Å². The van der Waals surface area contributed by atoms with E-state index >= 15 is 0 Å². The van der Waals surface area contributed by atoms with E-state index in [0.717, 1.165) is 22.0 Å². The summed E-state index contributed by atoms with van der Waals surface area (Å²) in [5.41, 5.74) is 14.3. The number of aromatic nitrogens is 1. The molecule has 1 heterocycles. The number of primary amides is 1. The van der Waals surface area contributed by atoms with Gasteiger partial charge in [-0.2, -0.15) is 0 Å². The van der Waals surface area contributed by atoms with Crippen LogP contribution in [0.5, 0.6) is 5.75 Å². The number of carbonyl (C=O) groups is 5. The standard InChI is InChI=1S/C33H36N6O7/c34-24(14-19-6-2-1-3-7-19)30(42)37-27(16-21-18-36-25-9-5-4-8-23(21)25)32(44)38-26(15-20-10-12-22(40)13-11-20)31(43)39-28(33(45)46)17-29(35)41/h1-13,18,24,26-28,36,40H,14-17,34H2,(H2,35,41)(H,37,42)(H,38,44)(H,39,43)(H,45,46). The van der Waals surface area contributed by atoms with Gasteiger partial charge in [0, 0.05) is 29.9 Å². The predicted octanol–water partition coefficient (Wildman–Crippen LogP) is 0.643. The summed E-state index contributed by atoms with van der Waals surface area (Å²) in [5, 5.41) is 27.7. The van der Waals surface area contributed by atoms with Crippen LogP contribution in [-0.2, 0) is 43.2 Å². The van der Waals surface area contributed by atoms with Crippen LogP contribution in [-0.4, -0.2) is 69.0 Å². The Labute approximate surface area is 264 Å². The number of hydrogen-bond acceptors (Lipinski definition) is 7. The number of phenolic OH excluding ortho intramolecular Hbond substituents is 1. The summed E-state index contributed by atoms with van der Waals surface area (Å²) in [6, 6.07) is 17.3. The van der Waals surface area contributed by atoms with E-state index in [9.17, 15) is 34.2 Å². The Morgan fingerprint density at radius 3 is 1.91 bits per heavy atom. The minimum absolute atomic E-state index is 0.0190. The van der Waals surface area contributed by atoms with Gasteiger partial charge in [0.05, 0.1) is 12.5 Å². The highest BCUT2D eigenvalue weighted by molar-refractivity contribution is 5.95. The van der Waals surface area contributed by atoms with Crippen molar-refractivity contribution >= 4 is 40.5 Å². The first-order valence-electron chi connectivity index (χ1n) is 14.5. The van der Waals surface area contributed by atoms with Gasteiger partial charge in [-0.3, -0.25) is 19.2 Å². The minimum Gasteiger partial charge on any atom is -0.508 e. The number of benzene rings is 3. The van der Waals surface area contributed by atoms with E-state index < -0.39 is 60.2 Å². The highest BCUT2D eigenvalue weighted by Crippen LogP contribution is 2.20. The molecule has 0 aliphatic heterocycles. The number of aromatic amines is 1. The Kier molecular flexibility index (Phi) is 11.1. The first-order chi connectivity index (χ1) is 22.0. The van der Waals surface area contributed by atoms with Gasteiger partial charge in [0.1, 0.15) is 23.9 Å². The van der Waals surface area contributed by atoms with E-state index in [-0.39, 0.29) is 25.0 Å². The van der Waals surface area contributed by atoms with Crippen LogP contribution in [0.1, 0.15) is 23.1 Å². The predicted molar refractivity (Wildman–Crippen MR) is 169 cm³/mol. The molecule has 13 nitrogen and oxygen atoms in total. The lowest BCUT2D eigenvalue weighted by molar-refractivity contribution is -0.143. The number of nitrogens with two attached hydrogens (primary N) is 2. The Bertz CT molecular complexity index is 1690. The Balaban J connectivity index is 1.60. The lowest BCUT2D eigenvalue weighted by Crippen LogP contribution is -2.58. The van der Waals surface area contributed by atoms with Gasteiger partial charge in [-0.15, -0.1) is 0 Å². The third-order valence-corrected chi connectivity index (χ3v) is 7.40. The molecule has 0 fully saturated rings. The molecule has 3 aromatic carbocycles. The highest BCUT2D eigenvalue weighted by atomic mass is 16.4. The maximum atomic E-state index is 13.9. The number of amides is 4. The molecule has 4 rings (SSSR count). The third kappa shape index (κ3) is 9.16.